The Balaban J connectivity index is 1.71. The van der Waals surface area contributed by atoms with Crippen LogP contribution in [0.25, 0.3) is 0 Å². The van der Waals surface area contributed by atoms with E-state index >= 15 is 0 Å². The molecule has 2 aliphatic rings. The molecule has 1 heterocycles. The summed E-state index contributed by atoms with van der Waals surface area (Å²) in [6.45, 7) is 0.978. The molecule has 1 saturated carbocycles. The number of hydrogen-bond acceptors (Lipinski definition) is 3. The summed E-state index contributed by atoms with van der Waals surface area (Å²) in [5.41, 5.74) is 9.40. The van der Waals surface area contributed by atoms with Crippen molar-refractivity contribution in [3.63, 3.8) is 0 Å². The van der Waals surface area contributed by atoms with E-state index in [0.717, 1.165) is 36.7 Å². The van der Waals surface area contributed by atoms with E-state index in [1.165, 1.54) is 56.2 Å². The van der Waals surface area contributed by atoms with Crippen LogP contribution in [0.15, 0.2) is 6.07 Å². The van der Waals surface area contributed by atoms with Crippen LogP contribution < -0.4 is 11.1 Å². The molecule has 1 fully saturated rings. The Kier molecular flexibility index (Phi) is 4.73. The molecule has 1 aromatic rings. The first-order chi connectivity index (χ1) is 10.2. The molecule has 114 valence electrons. The molecule has 0 spiro atoms. The van der Waals surface area contributed by atoms with Crippen molar-refractivity contribution in [2.75, 3.05) is 11.9 Å². The van der Waals surface area contributed by atoms with E-state index in [4.69, 9.17) is 22.9 Å². The molecule has 3 nitrogen and oxygen atoms in total. The van der Waals surface area contributed by atoms with Gasteiger partial charge in [-0.25, -0.2) is 4.98 Å². The molecular formula is C17H25N3S. The van der Waals surface area contributed by atoms with Crippen LogP contribution in [-0.2, 0) is 12.8 Å². The summed E-state index contributed by atoms with van der Waals surface area (Å²) in [5.74, 6) is 1.80. The predicted octanol–water partition coefficient (Wildman–Crippen LogP) is 3.59. The average Bonchev–Trinajstić information content (AvgIpc) is 2.99. The maximum Gasteiger partial charge on any atom is 0.136 e. The first-order valence-corrected chi connectivity index (χ1v) is 8.71. The summed E-state index contributed by atoms with van der Waals surface area (Å²) < 4.78 is 0. The van der Waals surface area contributed by atoms with Crippen LogP contribution in [0.3, 0.4) is 0 Å². The molecule has 1 aromatic heterocycles. The van der Waals surface area contributed by atoms with Gasteiger partial charge in [-0.15, -0.1) is 0 Å². The van der Waals surface area contributed by atoms with Gasteiger partial charge in [0.25, 0.3) is 0 Å². The Morgan fingerprint density at radius 3 is 2.76 bits per heavy atom. The highest BCUT2D eigenvalue weighted by molar-refractivity contribution is 7.80. The van der Waals surface area contributed by atoms with E-state index in [2.05, 4.69) is 11.4 Å². The third-order valence-electron chi connectivity index (χ3n) is 4.89. The van der Waals surface area contributed by atoms with Gasteiger partial charge in [0.1, 0.15) is 10.8 Å². The summed E-state index contributed by atoms with van der Waals surface area (Å²) in [5, 5.41) is 3.49. The number of hydrogen-bond donors (Lipinski definition) is 2. The van der Waals surface area contributed by atoms with Gasteiger partial charge in [-0.05, 0) is 49.7 Å². The van der Waals surface area contributed by atoms with Crippen molar-refractivity contribution < 1.29 is 0 Å². The summed E-state index contributed by atoms with van der Waals surface area (Å²) in [4.78, 5) is 5.28. The number of nitrogens with two attached hydrogens (primary N) is 1. The lowest BCUT2D eigenvalue weighted by molar-refractivity contribution is 0.518. The normalized spacial score (nSPS) is 18.5. The summed E-state index contributed by atoms with van der Waals surface area (Å²) in [6.07, 6.45) is 11.5. The Morgan fingerprint density at radius 2 is 2.00 bits per heavy atom. The smallest absolute Gasteiger partial charge is 0.136 e. The monoisotopic (exact) mass is 303 g/mol. The SMILES string of the molecule is NC(=S)c1cc2c(nc1NCCC1CCCC1)CCCC2. The molecule has 0 bridgehead atoms. The molecule has 3 rings (SSSR count). The van der Waals surface area contributed by atoms with E-state index in [1.807, 2.05) is 0 Å². The van der Waals surface area contributed by atoms with Gasteiger partial charge in [0.2, 0.25) is 0 Å². The minimum atomic E-state index is 0.458. The first-order valence-electron chi connectivity index (χ1n) is 8.30. The summed E-state index contributed by atoms with van der Waals surface area (Å²) in [7, 11) is 0. The van der Waals surface area contributed by atoms with Crippen molar-refractivity contribution >= 4 is 23.0 Å². The predicted molar refractivity (Wildman–Crippen MR) is 91.8 cm³/mol. The number of fused-ring (bicyclic) bond motifs is 1. The highest BCUT2D eigenvalue weighted by Crippen LogP contribution is 2.28. The van der Waals surface area contributed by atoms with Crippen LogP contribution >= 0.6 is 12.2 Å². The van der Waals surface area contributed by atoms with Gasteiger partial charge in [0.15, 0.2) is 0 Å². The fourth-order valence-corrected chi connectivity index (χ4v) is 3.81. The highest BCUT2D eigenvalue weighted by Gasteiger charge is 2.18. The number of pyridine rings is 1. The van der Waals surface area contributed by atoms with Crippen molar-refractivity contribution in [1.29, 1.82) is 0 Å². The molecule has 4 heteroatoms. The van der Waals surface area contributed by atoms with Crippen LogP contribution in [0, 0.1) is 5.92 Å². The number of thiocarbonyl (C=S) groups is 1. The highest BCUT2D eigenvalue weighted by atomic mass is 32.1. The second-order valence-electron chi connectivity index (χ2n) is 6.43. The molecule has 2 aliphatic carbocycles. The van der Waals surface area contributed by atoms with Gasteiger partial charge in [0, 0.05) is 12.2 Å². The Labute approximate surface area is 132 Å². The quantitative estimate of drug-likeness (QED) is 0.816. The lowest BCUT2D eigenvalue weighted by atomic mass is 9.94. The fraction of sp³-hybridized carbons (Fsp3) is 0.647. The molecule has 0 radical (unpaired) electrons. The summed E-state index contributed by atoms with van der Waals surface area (Å²) in [6, 6.07) is 2.17. The van der Waals surface area contributed by atoms with E-state index in [-0.39, 0.29) is 0 Å². The fourth-order valence-electron chi connectivity index (χ4n) is 3.65. The van der Waals surface area contributed by atoms with Crippen LogP contribution in [0.5, 0.6) is 0 Å². The van der Waals surface area contributed by atoms with Gasteiger partial charge >= 0.3 is 0 Å². The lowest BCUT2D eigenvalue weighted by Crippen LogP contribution is -2.19. The molecule has 0 unspecified atom stereocenters. The van der Waals surface area contributed by atoms with Crippen molar-refractivity contribution in [2.45, 2.75) is 57.8 Å². The number of nitrogens with zero attached hydrogens (tertiary/aromatic N) is 1. The average molecular weight is 303 g/mol. The molecule has 0 amide bonds. The molecule has 0 aliphatic heterocycles. The minimum absolute atomic E-state index is 0.458. The van der Waals surface area contributed by atoms with Gasteiger partial charge in [0.05, 0.1) is 5.56 Å². The Morgan fingerprint density at radius 1 is 1.24 bits per heavy atom. The van der Waals surface area contributed by atoms with E-state index in [9.17, 15) is 0 Å². The topological polar surface area (TPSA) is 50.9 Å². The zero-order valence-electron chi connectivity index (χ0n) is 12.7. The lowest BCUT2D eigenvalue weighted by Gasteiger charge is -2.19. The van der Waals surface area contributed by atoms with Crippen LogP contribution in [-0.4, -0.2) is 16.5 Å². The van der Waals surface area contributed by atoms with Gasteiger partial charge < -0.3 is 11.1 Å². The maximum absolute atomic E-state index is 5.89. The van der Waals surface area contributed by atoms with E-state index in [1.54, 1.807) is 0 Å². The third-order valence-corrected chi connectivity index (χ3v) is 5.11. The second-order valence-corrected chi connectivity index (χ2v) is 6.87. The zero-order valence-corrected chi connectivity index (χ0v) is 13.5. The number of anilines is 1. The third kappa shape index (κ3) is 3.54. The minimum Gasteiger partial charge on any atom is -0.389 e. The van der Waals surface area contributed by atoms with E-state index in [0.29, 0.717) is 4.99 Å². The zero-order chi connectivity index (χ0) is 14.7. The van der Waals surface area contributed by atoms with Crippen molar-refractivity contribution in [2.24, 2.45) is 11.7 Å². The van der Waals surface area contributed by atoms with Crippen molar-refractivity contribution in [3.8, 4) is 0 Å². The number of aromatic nitrogens is 1. The van der Waals surface area contributed by atoms with Crippen molar-refractivity contribution in [3.05, 3.63) is 22.9 Å². The summed E-state index contributed by atoms with van der Waals surface area (Å²) >= 11 is 5.21. The van der Waals surface area contributed by atoms with Crippen LogP contribution in [0.1, 0.15) is 61.8 Å². The molecule has 0 atom stereocenters. The van der Waals surface area contributed by atoms with Gasteiger partial charge in [-0.2, -0.15) is 0 Å². The van der Waals surface area contributed by atoms with Crippen LogP contribution in [0.4, 0.5) is 5.82 Å². The number of aryl methyl sites for hydroxylation is 2. The molecule has 0 saturated heterocycles. The molecule has 0 aromatic carbocycles. The van der Waals surface area contributed by atoms with Crippen molar-refractivity contribution in [1.82, 2.24) is 4.98 Å². The van der Waals surface area contributed by atoms with E-state index < -0.39 is 0 Å². The van der Waals surface area contributed by atoms with Crippen LogP contribution in [0.2, 0.25) is 0 Å². The molecular weight excluding hydrogens is 278 g/mol. The molecule has 21 heavy (non-hydrogen) atoms. The Bertz CT molecular complexity index is 521. The Hall–Kier alpha value is -1.16. The number of nitrogens with one attached hydrogen (secondary N) is 1. The van der Waals surface area contributed by atoms with Gasteiger partial charge in [-0.3, -0.25) is 0 Å². The largest absolute Gasteiger partial charge is 0.389 e. The second kappa shape index (κ2) is 6.73. The standard InChI is InChI=1S/C17H25N3S/c18-16(21)14-11-13-7-3-4-8-15(13)20-17(14)19-10-9-12-5-1-2-6-12/h11-12H,1-10H2,(H2,18,21)(H,19,20). The first kappa shape index (κ1) is 14.8. The number of rotatable bonds is 5. The van der Waals surface area contributed by atoms with Gasteiger partial charge in [-0.1, -0.05) is 37.9 Å². The maximum atomic E-state index is 5.89. The molecule has 3 N–H and O–H groups in total.